The van der Waals surface area contributed by atoms with E-state index in [2.05, 4.69) is 10.3 Å². The molecule has 1 aromatic rings. The SMILES string of the molecule is CNC(=O)OCc1c(C[S+](C)C)nc([N+](=O)[O-])n1C. The number of nitrogens with zero attached hydrogens (tertiary/aromatic N) is 3. The van der Waals surface area contributed by atoms with Crippen molar-refractivity contribution in [2.75, 3.05) is 19.6 Å². The predicted octanol–water partition coefficient (Wildman–Crippen LogP) is 0.562. The van der Waals surface area contributed by atoms with Gasteiger partial charge in [-0.1, -0.05) is 4.98 Å². The first-order chi connectivity index (χ1) is 8.86. The molecular formula is C10H17N4O4S+. The molecule has 0 bridgehead atoms. The zero-order chi connectivity index (χ0) is 14.6. The number of carbonyl (C=O) groups is 1. The predicted molar refractivity (Wildman–Crippen MR) is 72.0 cm³/mol. The molecule has 0 spiro atoms. The van der Waals surface area contributed by atoms with Crippen LogP contribution in [0.15, 0.2) is 0 Å². The molecular weight excluding hydrogens is 272 g/mol. The molecule has 0 unspecified atom stereocenters. The van der Waals surface area contributed by atoms with Gasteiger partial charge in [-0.3, -0.25) is 0 Å². The van der Waals surface area contributed by atoms with Crippen molar-refractivity contribution in [3.05, 3.63) is 21.5 Å². The average molecular weight is 289 g/mol. The molecule has 1 aromatic heterocycles. The van der Waals surface area contributed by atoms with Crippen molar-refractivity contribution >= 4 is 22.9 Å². The number of rotatable bonds is 5. The van der Waals surface area contributed by atoms with Gasteiger partial charge in [-0.25, -0.2) is 9.36 Å². The zero-order valence-corrected chi connectivity index (χ0v) is 12.1. The molecule has 9 heteroatoms. The third-order valence-electron chi connectivity index (χ3n) is 2.41. The van der Waals surface area contributed by atoms with Gasteiger partial charge in [0.05, 0.1) is 19.6 Å². The molecule has 0 aliphatic rings. The number of amides is 1. The van der Waals surface area contributed by atoms with Crippen LogP contribution in [0.3, 0.4) is 0 Å². The minimum atomic E-state index is -0.582. The monoisotopic (exact) mass is 289 g/mol. The number of carbonyl (C=O) groups excluding carboxylic acids is 1. The van der Waals surface area contributed by atoms with Crippen LogP contribution in [0.1, 0.15) is 11.4 Å². The zero-order valence-electron chi connectivity index (χ0n) is 11.3. The van der Waals surface area contributed by atoms with E-state index < -0.39 is 11.0 Å². The summed E-state index contributed by atoms with van der Waals surface area (Å²) in [7, 11) is 3.04. The molecule has 0 aromatic carbocycles. The molecule has 0 fully saturated rings. The van der Waals surface area contributed by atoms with E-state index in [1.54, 1.807) is 7.05 Å². The Kier molecular flexibility index (Phi) is 5.16. The fourth-order valence-electron chi connectivity index (χ4n) is 1.51. The molecule has 0 atom stereocenters. The Bertz CT molecular complexity index is 486. The lowest BCUT2D eigenvalue weighted by Crippen LogP contribution is -2.20. The Hall–Kier alpha value is -1.77. The summed E-state index contributed by atoms with van der Waals surface area (Å²) >= 11 is 0. The molecule has 1 amide bonds. The fourth-order valence-corrected chi connectivity index (χ4v) is 2.29. The van der Waals surface area contributed by atoms with Gasteiger partial charge in [-0.2, -0.15) is 0 Å². The summed E-state index contributed by atoms with van der Waals surface area (Å²) in [5.74, 6) is 0.379. The van der Waals surface area contributed by atoms with E-state index in [0.29, 0.717) is 17.1 Å². The number of imidazole rings is 1. The van der Waals surface area contributed by atoms with Crippen molar-refractivity contribution in [2.24, 2.45) is 7.05 Å². The molecule has 0 saturated heterocycles. The molecule has 1 N–H and O–H groups in total. The summed E-state index contributed by atoms with van der Waals surface area (Å²) < 4.78 is 6.30. The third-order valence-corrected chi connectivity index (χ3v) is 3.26. The smallest absolute Gasteiger partial charge is 0.435 e. The van der Waals surface area contributed by atoms with Crippen LogP contribution in [0.5, 0.6) is 0 Å². The van der Waals surface area contributed by atoms with Gasteiger partial charge in [-0.15, -0.1) is 0 Å². The van der Waals surface area contributed by atoms with E-state index in [4.69, 9.17) is 4.74 Å². The fraction of sp³-hybridized carbons (Fsp3) is 0.600. The first kappa shape index (κ1) is 15.3. The van der Waals surface area contributed by atoms with E-state index in [0.717, 1.165) is 0 Å². The van der Waals surface area contributed by atoms with Crippen molar-refractivity contribution in [1.29, 1.82) is 0 Å². The van der Waals surface area contributed by atoms with Crippen LogP contribution in [0, 0.1) is 10.1 Å². The van der Waals surface area contributed by atoms with E-state index in [9.17, 15) is 14.9 Å². The van der Waals surface area contributed by atoms with Crippen molar-refractivity contribution in [1.82, 2.24) is 14.9 Å². The number of nitrogens with one attached hydrogen (secondary N) is 1. The van der Waals surface area contributed by atoms with Crippen LogP contribution < -0.4 is 5.32 Å². The molecule has 0 saturated carbocycles. The summed E-state index contributed by atoms with van der Waals surface area (Å²) in [4.78, 5) is 25.4. The minimum absolute atomic E-state index is 0.0381. The quantitative estimate of drug-likeness (QED) is 0.485. The lowest BCUT2D eigenvalue weighted by Gasteiger charge is -2.03. The van der Waals surface area contributed by atoms with Crippen molar-refractivity contribution in [3.63, 3.8) is 0 Å². The standard InChI is InChI=1S/C10H16N4O4S/c1-11-10(15)18-5-8-7(6-19(3)4)12-9(13(8)2)14(16)17/h5-6H2,1-4H3/p+1. The van der Waals surface area contributed by atoms with Crippen molar-refractivity contribution in [3.8, 4) is 0 Å². The van der Waals surface area contributed by atoms with Crippen molar-refractivity contribution in [2.45, 2.75) is 12.4 Å². The summed E-state index contributed by atoms with van der Waals surface area (Å²) in [5, 5.41) is 13.2. The van der Waals surface area contributed by atoms with Crippen LogP contribution in [-0.4, -0.2) is 40.1 Å². The first-order valence-corrected chi connectivity index (χ1v) is 7.65. The first-order valence-electron chi connectivity index (χ1n) is 5.44. The second-order valence-electron chi connectivity index (χ2n) is 4.08. The highest BCUT2D eigenvalue weighted by atomic mass is 32.2. The van der Waals surface area contributed by atoms with Crippen LogP contribution in [0.2, 0.25) is 0 Å². The van der Waals surface area contributed by atoms with E-state index in [-0.39, 0.29) is 23.5 Å². The number of ether oxygens (including phenoxy) is 1. The highest BCUT2D eigenvalue weighted by molar-refractivity contribution is 7.94. The highest BCUT2D eigenvalue weighted by Crippen LogP contribution is 2.19. The number of hydrogen-bond donors (Lipinski definition) is 1. The summed E-state index contributed by atoms with van der Waals surface area (Å²) in [5.41, 5.74) is 1.16. The lowest BCUT2D eigenvalue weighted by atomic mass is 10.3. The Labute approximate surface area is 113 Å². The number of hydrogen-bond acceptors (Lipinski definition) is 5. The maximum atomic E-state index is 11.1. The van der Waals surface area contributed by atoms with Crippen LogP contribution >= 0.6 is 0 Å². The van der Waals surface area contributed by atoms with Gasteiger partial charge in [0.25, 0.3) is 0 Å². The summed E-state index contributed by atoms with van der Waals surface area (Å²) in [6, 6.07) is 0. The largest absolute Gasteiger partial charge is 0.441 e. The molecule has 8 nitrogen and oxygen atoms in total. The summed E-state index contributed by atoms with van der Waals surface area (Å²) in [6.45, 7) is -0.0381. The molecule has 0 aliphatic carbocycles. The molecule has 0 aliphatic heterocycles. The molecule has 0 radical (unpaired) electrons. The topological polar surface area (TPSA) is 99.3 Å². The lowest BCUT2D eigenvalue weighted by molar-refractivity contribution is -0.396. The van der Waals surface area contributed by atoms with Crippen LogP contribution in [0.4, 0.5) is 10.7 Å². The molecule has 106 valence electrons. The maximum Gasteiger partial charge on any atom is 0.435 e. The maximum absolute atomic E-state index is 11.1. The Balaban J connectivity index is 3.03. The second-order valence-corrected chi connectivity index (χ2v) is 6.34. The Morgan fingerprint density at radius 3 is 2.68 bits per heavy atom. The van der Waals surface area contributed by atoms with E-state index >= 15 is 0 Å². The number of aromatic nitrogens is 2. The van der Waals surface area contributed by atoms with Gasteiger partial charge in [-0.05, 0) is 15.8 Å². The number of alkyl carbamates (subject to hydrolysis) is 1. The highest BCUT2D eigenvalue weighted by Gasteiger charge is 2.28. The molecule has 1 heterocycles. The Morgan fingerprint density at radius 2 is 2.21 bits per heavy atom. The second kappa shape index (κ2) is 6.41. The van der Waals surface area contributed by atoms with Gasteiger partial charge in [0.15, 0.2) is 18.1 Å². The van der Waals surface area contributed by atoms with E-state index in [1.165, 1.54) is 11.6 Å². The Morgan fingerprint density at radius 1 is 1.58 bits per heavy atom. The average Bonchev–Trinajstić information content (AvgIpc) is 2.62. The van der Waals surface area contributed by atoms with Crippen molar-refractivity contribution < 1.29 is 14.5 Å². The van der Waals surface area contributed by atoms with Gasteiger partial charge < -0.3 is 20.2 Å². The van der Waals surface area contributed by atoms with Gasteiger partial charge >= 0.3 is 12.0 Å². The molecule has 1 rings (SSSR count). The summed E-state index contributed by atoms with van der Waals surface area (Å²) in [6.07, 6.45) is 3.45. The molecule has 19 heavy (non-hydrogen) atoms. The van der Waals surface area contributed by atoms with Gasteiger partial charge in [0.1, 0.15) is 0 Å². The minimum Gasteiger partial charge on any atom is -0.441 e. The number of nitro groups is 1. The van der Waals surface area contributed by atoms with Crippen LogP contribution in [-0.2, 0) is 35.0 Å². The van der Waals surface area contributed by atoms with E-state index in [1.807, 2.05) is 12.5 Å². The van der Waals surface area contributed by atoms with Crippen LogP contribution in [0.25, 0.3) is 0 Å². The normalized spacial score (nSPS) is 10.6. The van der Waals surface area contributed by atoms with Gasteiger partial charge in [0, 0.05) is 7.05 Å². The van der Waals surface area contributed by atoms with Gasteiger partial charge in [0.2, 0.25) is 5.69 Å². The third kappa shape index (κ3) is 3.85.